The Bertz CT molecular complexity index is 1990. The van der Waals surface area contributed by atoms with Crippen molar-refractivity contribution in [2.75, 3.05) is 0 Å². The maximum absolute atomic E-state index is 6.17. The van der Waals surface area contributed by atoms with Gasteiger partial charge in [-0.25, -0.2) is 4.98 Å². The molecule has 0 aliphatic heterocycles. The molecule has 0 aliphatic carbocycles. The Morgan fingerprint density at radius 1 is 0.812 bits per heavy atom. The number of furan rings is 1. The van der Waals surface area contributed by atoms with E-state index in [9.17, 15) is 0 Å². The van der Waals surface area contributed by atoms with Crippen molar-refractivity contribution in [2.45, 2.75) is 92.8 Å². The number of rotatable bonds is 5. The van der Waals surface area contributed by atoms with Crippen molar-refractivity contribution in [3.05, 3.63) is 108 Å². The number of fused-ring (bicyclic) bond motifs is 3. The van der Waals surface area contributed by atoms with Gasteiger partial charge in [0.15, 0.2) is 0 Å². The molecule has 0 fully saturated rings. The molecule has 0 saturated heterocycles. The van der Waals surface area contributed by atoms with Gasteiger partial charge in [-0.1, -0.05) is 104 Å². The van der Waals surface area contributed by atoms with Crippen molar-refractivity contribution >= 4 is 35.3 Å². The maximum atomic E-state index is 6.17. The number of hydrogen-bond acceptors (Lipinski definition) is 4. The van der Waals surface area contributed by atoms with Crippen molar-refractivity contribution in [1.82, 2.24) is 15.0 Å². The molecule has 0 aliphatic rings. The van der Waals surface area contributed by atoms with Crippen LogP contribution in [-0.4, -0.2) is 23.0 Å². The first-order valence-corrected chi connectivity index (χ1v) is 20.2. The molecule has 0 N–H and O–H groups in total. The van der Waals surface area contributed by atoms with Crippen molar-refractivity contribution in [3.8, 4) is 22.5 Å². The summed E-state index contributed by atoms with van der Waals surface area (Å²) < 4.78 is 6.17. The summed E-state index contributed by atoms with van der Waals surface area (Å²) in [6.45, 7) is 25.0. The van der Waals surface area contributed by atoms with Crippen LogP contribution in [0.3, 0.4) is 0 Å². The number of aromatic nitrogens is 3. The van der Waals surface area contributed by atoms with Crippen LogP contribution in [0.25, 0.3) is 44.6 Å². The van der Waals surface area contributed by atoms with Crippen LogP contribution in [0.4, 0.5) is 0 Å². The molecule has 2 aromatic carbocycles. The van der Waals surface area contributed by atoms with Gasteiger partial charge in [-0.05, 0) is 63.5 Å². The third-order valence-electron chi connectivity index (χ3n) is 8.30. The van der Waals surface area contributed by atoms with Gasteiger partial charge in [-0.2, -0.15) is 0 Å². The Balaban J connectivity index is 0.000000218. The molecule has 253 valence electrons. The molecule has 4 nitrogen and oxygen atoms in total. The van der Waals surface area contributed by atoms with Gasteiger partial charge < -0.3 is 14.4 Å². The van der Waals surface area contributed by atoms with Crippen LogP contribution in [0.2, 0.25) is 19.6 Å². The van der Waals surface area contributed by atoms with E-state index in [1.807, 2.05) is 36.5 Å². The van der Waals surface area contributed by atoms with Crippen LogP contribution in [0, 0.1) is 17.5 Å². The summed E-state index contributed by atoms with van der Waals surface area (Å²) >= 11 is 0. The summed E-state index contributed by atoms with van der Waals surface area (Å²) in [5.41, 5.74) is 9.45. The molecule has 6 aromatic rings. The molecular weight excluding hydrogens is 783 g/mol. The normalized spacial score (nSPS) is 12.2. The number of hydrogen-bond donors (Lipinski definition) is 0. The van der Waals surface area contributed by atoms with Gasteiger partial charge in [-0.3, -0.25) is 0 Å². The molecule has 0 spiro atoms. The second-order valence-electron chi connectivity index (χ2n) is 16.1. The van der Waals surface area contributed by atoms with Crippen LogP contribution in [0.15, 0.2) is 83.5 Å². The second kappa shape index (κ2) is 14.6. The van der Waals surface area contributed by atoms with Crippen molar-refractivity contribution in [2.24, 2.45) is 5.41 Å². The molecule has 6 heteroatoms. The van der Waals surface area contributed by atoms with E-state index in [2.05, 4.69) is 135 Å². The number of nitrogens with zero attached hydrogens (tertiary/aromatic N) is 3. The minimum absolute atomic E-state index is 0. The zero-order chi connectivity index (χ0) is 34.1. The number of pyridine rings is 3. The van der Waals surface area contributed by atoms with E-state index in [0.717, 1.165) is 51.0 Å². The SMILES string of the molecule is CC(C)(C)Cc1cc(-c2[c-]cccc2)ncc1[Si](C)(C)C.CC(C)c1ccc2c(n1)oc1c(-c3cc(C(C)(C)C)ccn3)[c-]ccc12.[Ir]. The smallest absolute Gasteiger partial charge is 0.216 e. The first-order chi connectivity index (χ1) is 22.0. The quantitative estimate of drug-likeness (QED) is 0.128. The second-order valence-corrected chi connectivity index (χ2v) is 21.1. The Morgan fingerprint density at radius 3 is 2.19 bits per heavy atom. The third-order valence-corrected chi connectivity index (χ3v) is 10.4. The average molecular weight is 832 g/mol. The summed E-state index contributed by atoms with van der Waals surface area (Å²) in [5, 5.41) is 3.57. The molecule has 0 unspecified atom stereocenters. The van der Waals surface area contributed by atoms with Crippen LogP contribution in [0.5, 0.6) is 0 Å². The van der Waals surface area contributed by atoms with E-state index in [-0.39, 0.29) is 30.9 Å². The van der Waals surface area contributed by atoms with E-state index in [1.165, 1.54) is 16.3 Å². The van der Waals surface area contributed by atoms with E-state index in [1.54, 1.807) is 0 Å². The first kappa shape index (κ1) is 37.4. The maximum Gasteiger partial charge on any atom is 0.216 e. The van der Waals surface area contributed by atoms with E-state index in [0.29, 0.717) is 11.6 Å². The molecule has 0 amide bonds. The fourth-order valence-corrected chi connectivity index (χ4v) is 7.35. The third kappa shape index (κ3) is 8.77. The van der Waals surface area contributed by atoms with Gasteiger partial charge in [0.2, 0.25) is 5.71 Å². The van der Waals surface area contributed by atoms with Gasteiger partial charge in [0.25, 0.3) is 0 Å². The topological polar surface area (TPSA) is 51.8 Å². The van der Waals surface area contributed by atoms with Crippen molar-refractivity contribution in [1.29, 1.82) is 0 Å². The predicted octanol–water partition coefficient (Wildman–Crippen LogP) is 10.9. The van der Waals surface area contributed by atoms with Gasteiger partial charge in [-0.15, -0.1) is 54.1 Å². The monoisotopic (exact) mass is 832 g/mol. The van der Waals surface area contributed by atoms with Crippen molar-refractivity contribution < 1.29 is 24.5 Å². The largest absolute Gasteiger partial charge is 0.486 e. The molecular formula is C42H49IrN3OSi-2. The Hall–Kier alpha value is -3.44. The Morgan fingerprint density at radius 2 is 1.56 bits per heavy atom. The first-order valence-electron chi connectivity index (χ1n) is 16.7. The van der Waals surface area contributed by atoms with Crippen LogP contribution in [0.1, 0.15) is 78.1 Å². The predicted molar refractivity (Wildman–Crippen MR) is 201 cm³/mol. The van der Waals surface area contributed by atoms with Crippen LogP contribution in [-0.2, 0) is 31.9 Å². The molecule has 6 rings (SSSR count). The van der Waals surface area contributed by atoms with Gasteiger partial charge in [0.1, 0.15) is 0 Å². The van der Waals surface area contributed by atoms with E-state index < -0.39 is 8.07 Å². The zero-order valence-electron chi connectivity index (χ0n) is 30.4. The summed E-state index contributed by atoms with van der Waals surface area (Å²) in [7, 11) is -1.37. The van der Waals surface area contributed by atoms with Crippen LogP contribution >= 0.6 is 0 Å². The summed E-state index contributed by atoms with van der Waals surface area (Å²) in [6, 6.07) is 29.3. The van der Waals surface area contributed by atoms with E-state index >= 15 is 0 Å². The number of benzene rings is 2. The fraction of sp³-hybridized carbons (Fsp3) is 0.357. The standard InChI is InChI=1S/C23H23N2O.C19H26NSi.Ir/c1-14(2)19-10-9-17-16-7-6-8-18(21(16)26-22(17)25-19)20-13-15(11-12-24-20)23(3,4)5;1-19(2,3)13-16-12-17(15-10-8-7-9-11-15)20-14-18(16)21(4,5)6;/h6-7,9-14H,1-5H3;7-10,12,14H,13H2,1-6H3;/q2*-1;. The van der Waals surface area contributed by atoms with Crippen molar-refractivity contribution in [3.63, 3.8) is 0 Å². The summed E-state index contributed by atoms with van der Waals surface area (Å²) in [4.78, 5) is 14.0. The van der Waals surface area contributed by atoms with Gasteiger partial charge in [0.05, 0.1) is 13.7 Å². The van der Waals surface area contributed by atoms with Crippen LogP contribution < -0.4 is 5.19 Å². The molecule has 1 radical (unpaired) electrons. The van der Waals surface area contributed by atoms with Gasteiger partial charge in [0, 0.05) is 43.6 Å². The average Bonchev–Trinajstić information content (AvgIpc) is 3.38. The molecule has 0 bridgehead atoms. The molecule has 0 saturated carbocycles. The Kier molecular flexibility index (Phi) is 11.4. The zero-order valence-corrected chi connectivity index (χ0v) is 33.8. The van der Waals surface area contributed by atoms with E-state index in [4.69, 9.17) is 14.4 Å². The molecule has 0 atom stereocenters. The fourth-order valence-electron chi connectivity index (χ4n) is 5.77. The molecule has 4 heterocycles. The Labute approximate surface area is 302 Å². The summed E-state index contributed by atoms with van der Waals surface area (Å²) in [6.07, 6.45) is 5.07. The molecule has 4 aromatic heterocycles. The minimum atomic E-state index is -1.37. The molecule has 48 heavy (non-hydrogen) atoms. The minimum Gasteiger partial charge on any atom is -0.486 e. The summed E-state index contributed by atoms with van der Waals surface area (Å²) in [5.74, 6) is 0.365. The van der Waals surface area contributed by atoms with Gasteiger partial charge >= 0.3 is 0 Å².